The molecule has 0 saturated heterocycles. The molecule has 0 radical (unpaired) electrons. The molecule has 1 unspecified atom stereocenters. The highest BCUT2D eigenvalue weighted by molar-refractivity contribution is 7.80. The molecule has 0 fully saturated rings. The van der Waals surface area contributed by atoms with Gasteiger partial charge in [0.1, 0.15) is 54.4 Å². The molecule has 84 heavy (non-hydrogen) atoms. The molecule has 0 spiro atoms. The first kappa shape index (κ1) is 71.6. The number of nitrogens with zero attached hydrogens (tertiary/aromatic N) is 3. The van der Waals surface area contributed by atoms with Crippen LogP contribution in [-0.2, 0) is 43.8 Å². The fourth-order valence-corrected chi connectivity index (χ4v) is 8.55. The molecule has 0 bridgehead atoms. The van der Waals surface area contributed by atoms with Crippen molar-refractivity contribution in [3.63, 3.8) is 0 Å². The SMILES string of the molecule is CCOC(=O)C(Cl)C=O.CCOC(=O)c1cnc(-c2cc(C(F)(F)F)ccc2Cl)s1.N#Cc1cc(C(F)(F)F)ccc1Cl.NC(=S)c1cc(C(F)(F)F)ccc1Cl.O=C(Nc1c(F)cccc1F)c1cnc(-c2cc(C(F)(F)F)ccc2Cl)s1. The number of amides is 1. The minimum atomic E-state index is -4.57. The van der Waals surface area contributed by atoms with Crippen LogP contribution in [0, 0.1) is 23.0 Å². The van der Waals surface area contributed by atoms with Crippen LogP contribution in [-0.4, -0.2) is 57.7 Å². The Morgan fingerprint density at radius 2 is 1.06 bits per heavy atom. The van der Waals surface area contributed by atoms with Crippen LogP contribution in [0.15, 0.2) is 103 Å². The Morgan fingerprint density at radius 1 is 0.655 bits per heavy atom. The largest absolute Gasteiger partial charge is 0.465 e. The first-order chi connectivity index (χ1) is 39.0. The number of ether oxygens (including phenoxy) is 2. The van der Waals surface area contributed by atoms with Crippen molar-refractivity contribution in [1.82, 2.24) is 9.97 Å². The van der Waals surface area contributed by atoms with Gasteiger partial charge in [-0.2, -0.15) is 57.9 Å². The number of anilines is 1. The van der Waals surface area contributed by atoms with E-state index in [1.807, 2.05) is 0 Å². The molecule has 5 aromatic carbocycles. The number of halogens is 19. The number of rotatable bonds is 10. The topological polar surface area (TPSA) is 174 Å². The van der Waals surface area contributed by atoms with Gasteiger partial charge >= 0.3 is 36.6 Å². The van der Waals surface area contributed by atoms with Gasteiger partial charge in [-0.3, -0.25) is 4.79 Å². The summed E-state index contributed by atoms with van der Waals surface area (Å²) in [7, 11) is 0. The number of carbonyl (C=O) groups is 4. The van der Waals surface area contributed by atoms with Gasteiger partial charge in [-0.15, -0.1) is 34.3 Å². The average Bonchev–Trinajstić information content (AvgIpc) is 4.27. The quantitative estimate of drug-likeness (QED) is 0.0333. The minimum absolute atomic E-state index is 0.00684. The molecule has 2 aromatic heterocycles. The summed E-state index contributed by atoms with van der Waals surface area (Å²) < 4.78 is 186. The molecule has 7 aromatic rings. The first-order valence-electron chi connectivity index (χ1n) is 22.3. The highest BCUT2D eigenvalue weighted by Gasteiger charge is 2.34. The number of benzene rings is 5. The van der Waals surface area contributed by atoms with Crippen LogP contribution in [0.2, 0.25) is 20.1 Å². The minimum Gasteiger partial charge on any atom is -0.465 e. The van der Waals surface area contributed by atoms with E-state index in [1.165, 1.54) is 6.20 Å². The van der Waals surface area contributed by atoms with Crippen LogP contribution in [0.5, 0.6) is 0 Å². The maximum absolute atomic E-state index is 13.6. The monoisotopic (exact) mass is 1350 g/mol. The number of nitrogens with one attached hydrogen (secondary N) is 1. The summed E-state index contributed by atoms with van der Waals surface area (Å²) in [6.07, 6.45) is -15.2. The number of nitriles is 1. The van der Waals surface area contributed by atoms with Crippen molar-refractivity contribution in [3.8, 4) is 27.2 Å². The van der Waals surface area contributed by atoms with Gasteiger partial charge in [0.25, 0.3) is 5.91 Å². The molecular formula is C51H32Cl5F14N5O6S3. The molecule has 0 aliphatic carbocycles. The van der Waals surface area contributed by atoms with E-state index in [9.17, 15) is 80.6 Å². The Labute approximate surface area is 503 Å². The van der Waals surface area contributed by atoms with Crippen molar-refractivity contribution >= 4 is 128 Å². The van der Waals surface area contributed by atoms with Crippen LogP contribution in [0.1, 0.15) is 66.6 Å². The van der Waals surface area contributed by atoms with Crippen molar-refractivity contribution < 1.29 is 90.1 Å². The summed E-state index contributed by atoms with van der Waals surface area (Å²) in [6, 6.07) is 15.8. The van der Waals surface area contributed by atoms with Crippen molar-refractivity contribution in [2.75, 3.05) is 18.5 Å². The van der Waals surface area contributed by atoms with E-state index in [0.29, 0.717) is 6.29 Å². The first-order valence-corrected chi connectivity index (χ1v) is 26.2. The van der Waals surface area contributed by atoms with E-state index in [0.717, 1.165) is 120 Å². The van der Waals surface area contributed by atoms with Gasteiger partial charge in [-0.25, -0.2) is 28.3 Å². The lowest BCUT2D eigenvalue weighted by Gasteiger charge is -2.09. The molecule has 33 heteroatoms. The molecule has 1 atom stereocenters. The molecule has 0 aliphatic heterocycles. The van der Waals surface area contributed by atoms with Crippen molar-refractivity contribution in [1.29, 1.82) is 5.26 Å². The number of alkyl halides is 13. The second-order valence-electron chi connectivity index (χ2n) is 15.4. The maximum atomic E-state index is 13.6. The van der Waals surface area contributed by atoms with Gasteiger partial charge in [-0.05, 0) is 98.8 Å². The van der Waals surface area contributed by atoms with Crippen LogP contribution in [0.3, 0.4) is 0 Å². The number of nitrogens with two attached hydrogens (primary N) is 1. The number of thiocarbonyl (C=S) groups is 1. The van der Waals surface area contributed by atoms with Gasteiger partial charge in [0.15, 0.2) is 5.38 Å². The van der Waals surface area contributed by atoms with Crippen LogP contribution < -0.4 is 11.1 Å². The summed E-state index contributed by atoms with van der Waals surface area (Å²) in [4.78, 5) is 51.7. The number of thiazole rings is 2. The predicted molar refractivity (Wildman–Crippen MR) is 291 cm³/mol. The zero-order valence-corrected chi connectivity index (χ0v) is 47.9. The molecular weight excluding hydrogens is 1320 g/mol. The molecule has 7 rings (SSSR count). The summed E-state index contributed by atoms with van der Waals surface area (Å²) in [5.41, 5.74) is 1.14. The Kier molecular flexibility index (Phi) is 26.8. The number of esters is 2. The van der Waals surface area contributed by atoms with Crippen molar-refractivity contribution in [2.24, 2.45) is 5.73 Å². The third-order valence-corrected chi connectivity index (χ3v) is 13.4. The standard InChI is InChI=1S/C17H8ClF5N2OS.C13H9ClF3NO2S.C8H5ClF3NS.C8H3ClF3N.C5H7ClO3/c18-10-5-4-8(17(21,22)23)6-9(10)16-24-7-13(27-16)15(26)25-14-11(19)2-1-3-12(14)20;1-2-20-12(19)10-6-18-11(21-10)8-5-7(13(15,16)17)3-4-9(8)14;9-6-2-1-4(8(10,11)12)3-5(6)7(13)14;9-7-2-1-6(8(10,11)12)3-5(7)4-13;1-2-9-5(8)4(6)3-7/h1-7H,(H,25,26);3-6H,2H2,1H3;1-3H,(H2,13,14);1-3H;3-4H,2H2,1H3. The molecule has 0 aliphatic rings. The molecule has 2 heterocycles. The van der Waals surface area contributed by atoms with Gasteiger partial charge in [0, 0.05) is 16.7 Å². The van der Waals surface area contributed by atoms with Gasteiger partial charge in [0.05, 0.1) is 73.5 Å². The Hall–Kier alpha value is -6.71. The van der Waals surface area contributed by atoms with E-state index in [2.05, 4.69) is 32.2 Å². The summed E-state index contributed by atoms with van der Waals surface area (Å²) >= 11 is 34.3. The lowest BCUT2D eigenvalue weighted by molar-refractivity contribution is -0.144. The normalized spacial score (nSPS) is 11.5. The summed E-state index contributed by atoms with van der Waals surface area (Å²) in [5, 5.41) is 9.92. The number of hydrogen-bond donors (Lipinski definition) is 2. The van der Waals surface area contributed by atoms with Gasteiger partial charge in [-0.1, -0.05) is 64.7 Å². The third kappa shape index (κ3) is 21.4. The predicted octanol–water partition coefficient (Wildman–Crippen LogP) is 17.3. The zero-order valence-electron chi connectivity index (χ0n) is 41.7. The van der Waals surface area contributed by atoms with Crippen LogP contribution in [0.4, 0.5) is 67.2 Å². The van der Waals surface area contributed by atoms with E-state index < -0.39 is 87.5 Å². The number of aromatic nitrogens is 2. The Balaban J connectivity index is 0.000000290. The molecule has 3 N–H and O–H groups in total. The molecule has 448 valence electrons. The lowest BCUT2D eigenvalue weighted by Crippen LogP contribution is -2.18. The second-order valence-corrected chi connectivity index (χ2v) is 20.0. The van der Waals surface area contributed by atoms with Gasteiger partial charge < -0.3 is 25.3 Å². The summed E-state index contributed by atoms with van der Waals surface area (Å²) in [5.74, 6) is -4.03. The summed E-state index contributed by atoms with van der Waals surface area (Å²) in [6.45, 7) is 3.75. The fourth-order valence-electron chi connectivity index (χ4n) is 5.68. The van der Waals surface area contributed by atoms with Crippen molar-refractivity contribution in [3.05, 3.63) is 178 Å². The Bertz CT molecular complexity index is 3500. The third-order valence-electron chi connectivity index (χ3n) is 9.57. The Morgan fingerprint density at radius 3 is 1.48 bits per heavy atom. The van der Waals surface area contributed by atoms with E-state index in [-0.39, 0.29) is 80.3 Å². The van der Waals surface area contributed by atoms with Gasteiger partial charge in [0.2, 0.25) is 0 Å². The molecule has 0 saturated carbocycles. The lowest BCUT2D eigenvalue weighted by atomic mass is 10.1. The van der Waals surface area contributed by atoms with Crippen LogP contribution in [0.25, 0.3) is 21.1 Å². The zero-order chi connectivity index (χ0) is 63.7. The number of carbonyl (C=O) groups excluding carboxylic acids is 4. The van der Waals surface area contributed by atoms with E-state index >= 15 is 0 Å². The number of aldehydes is 1. The average molecular weight is 1350 g/mol. The number of para-hydroxylation sites is 1. The smallest absolute Gasteiger partial charge is 0.416 e. The second kappa shape index (κ2) is 31.4. The van der Waals surface area contributed by atoms with Crippen LogP contribution >= 0.6 is 92.9 Å². The van der Waals surface area contributed by atoms with Crippen molar-refractivity contribution in [2.45, 2.75) is 43.9 Å². The highest BCUT2D eigenvalue weighted by atomic mass is 35.5. The fraction of sp³-hybridized carbons (Fsp3) is 0.176. The maximum Gasteiger partial charge on any atom is 0.416 e. The molecule has 11 nitrogen and oxygen atoms in total. The van der Waals surface area contributed by atoms with E-state index in [1.54, 1.807) is 19.9 Å². The number of hydrogen-bond acceptors (Lipinski definition) is 12. The molecule has 1 amide bonds. The van der Waals surface area contributed by atoms with E-state index in [4.69, 9.17) is 73.7 Å². The highest BCUT2D eigenvalue weighted by Crippen LogP contribution is 2.40.